The molecule has 5 nitrogen and oxygen atoms in total. The second-order valence-electron chi connectivity index (χ2n) is 5.56. The van der Waals surface area contributed by atoms with Gasteiger partial charge in [-0.2, -0.15) is 0 Å². The molecule has 2 heterocycles. The zero-order valence-corrected chi connectivity index (χ0v) is 16.0. The Morgan fingerprint density at radius 2 is 2.04 bits per heavy atom. The van der Waals surface area contributed by atoms with E-state index in [0.717, 1.165) is 16.5 Å². The summed E-state index contributed by atoms with van der Waals surface area (Å²) in [5.41, 5.74) is 1.86. The molecule has 0 spiro atoms. The van der Waals surface area contributed by atoms with Gasteiger partial charge in [0.15, 0.2) is 5.17 Å². The molecular weight excluding hydrogens is 392 g/mol. The number of benzene rings is 1. The minimum absolute atomic E-state index is 0.0110. The highest BCUT2D eigenvalue weighted by atomic mass is 79.9. The van der Waals surface area contributed by atoms with Crippen LogP contribution in [0.2, 0.25) is 0 Å². The van der Waals surface area contributed by atoms with E-state index in [4.69, 9.17) is 4.74 Å². The van der Waals surface area contributed by atoms with Crippen LogP contribution in [0.1, 0.15) is 31.9 Å². The molecule has 126 valence electrons. The Morgan fingerprint density at radius 3 is 2.62 bits per heavy atom. The minimum atomic E-state index is -0.505. The van der Waals surface area contributed by atoms with Crippen molar-refractivity contribution in [2.24, 2.45) is 4.99 Å². The summed E-state index contributed by atoms with van der Waals surface area (Å²) in [7, 11) is 1.34. The predicted octanol–water partition coefficient (Wildman–Crippen LogP) is 3.66. The summed E-state index contributed by atoms with van der Waals surface area (Å²) in [6.45, 7) is 3.76. The Kier molecular flexibility index (Phi) is 4.83. The molecule has 0 radical (unpaired) electrons. The van der Waals surface area contributed by atoms with E-state index in [0.29, 0.717) is 16.4 Å². The number of carbonyl (C=O) groups excluding carboxylic acids is 2. The fourth-order valence-electron chi connectivity index (χ4n) is 2.92. The summed E-state index contributed by atoms with van der Waals surface area (Å²) in [4.78, 5) is 31.3. The van der Waals surface area contributed by atoms with Crippen molar-refractivity contribution < 1.29 is 14.3 Å². The van der Waals surface area contributed by atoms with Crippen LogP contribution in [0.15, 0.2) is 45.0 Å². The molecule has 1 aromatic carbocycles. The zero-order chi connectivity index (χ0) is 17.4. The van der Waals surface area contributed by atoms with Crippen LogP contribution in [-0.2, 0) is 14.3 Å². The van der Waals surface area contributed by atoms with E-state index in [1.165, 1.54) is 18.9 Å². The van der Waals surface area contributed by atoms with E-state index in [9.17, 15) is 9.59 Å². The summed E-state index contributed by atoms with van der Waals surface area (Å²) in [6.07, 6.45) is 0.721. The number of halogens is 1. The second-order valence-corrected chi connectivity index (χ2v) is 7.65. The van der Waals surface area contributed by atoms with E-state index < -0.39 is 12.0 Å². The van der Waals surface area contributed by atoms with E-state index in [2.05, 4.69) is 20.9 Å². The number of aliphatic imine (C=N–C) groups is 1. The van der Waals surface area contributed by atoms with Crippen LogP contribution in [0.4, 0.5) is 0 Å². The minimum Gasteiger partial charge on any atom is -0.466 e. The van der Waals surface area contributed by atoms with Gasteiger partial charge in [-0.05, 0) is 31.0 Å². The van der Waals surface area contributed by atoms with Crippen molar-refractivity contribution in [2.45, 2.75) is 31.6 Å². The molecule has 7 heteroatoms. The lowest BCUT2D eigenvalue weighted by Gasteiger charge is -2.32. The number of fused-ring (bicyclic) bond motifs is 1. The molecule has 0 aromatic heterocycles. The van der Waals surface area contributed by atoms with Crippen LogP contribution in [-0.4, -0.2) is 34.3 Å². The molecule has 24 heavy (non-hydrogen) atoms. The quantitative estimate of drug-likeness (QED) is 0.715. The molecule has 0 bridgehead atoms. The molecule has 0 unspecified atom stereocenters. The van der Waals surface area contributed by atoms with E-state index >= 15 is 0 Å². The van der Waals surface area contributed by atoms with Gasteiger partial charge in [0.05, 0.1) is 29.7 Å². The van der Waals surface area contributed by atoms with Crippen molar-refractivity contribution in [1.29, 1.82) is 0 Å². The molecule has 0 aliphatic carbocycles. The highest BCUT2D eigenvalue weighted by Gasteiger charge is 2.46. The number of nitrogens with zero attached hydrogens (tertiary/aromatic N) is 2. The van der Waals surface area contributed by atoms with Gasteiger partial charge < -0.3 is 4.74 Å². The number of thioether (sulfide) groups is 1. The van der Waals surface area contributed by atoms with Gasteiger partial charge in [0.1, 0.15) is 0 Å². The van der Waals surface area contributed by atoms with Crippen LogP contribution in [0.5, 0.6) is 0 Å². The zero-order valence-electron chi connectivity index (χ0n) is 13.6. The number of carbonyl (C=O) groups is 2. The lowest BCUT2D eigenvalue weighted by atomic mass is 9.94. The molecular formula is C17H17BrN2O3S. The van der Waals surface area contributed by atoms with Crippen LogP contribution >= 0.6 is 27.7 Å². The van der Waals surface area contributed by atoms with Crippen LogP contribution < -0.4 is 0 Å². The number of amides is 1. The topological polar surface area (TPSA) is 59.0 Å². The molecule has 3 rings (SSSR count). The molecule has 1 amide bonds. The number of allylic oxidation sites excluding steroid dienone is 1. The van der Waals surface area contributed by atoms with Crippen molar-refractivity contribution in [3.05, 3.63) is 45.6 Å². The standard InChI is InChI=1S/C17H17BrN2O3S/c1-4-12-15(21)20-14(10-5-7-11(18)8-6-10)13(16(22)23-3)9(2)19-17(20)24-12/h5-8,12,14H,4H2,1-3H3/t12-,14+/m1/s1. The average Bonchev–Trinajstić information content (AvgIpc) is 2.89. The van der Waals surface area contributed by atoms with Crippen LogP contribution in [0.3, 0.4) is 0 Å². The van der Waals surface area contributed by atoms with Gasteiger partial charge >= 0.3 is 5.97 Å². The third-order valence-electron chi connectivity index (χ3n) is 4.11. The van der Waals surface area contributed by atoms with Gasteiger partial charge in [0.2, 0.25) is 5.91 Å². The van der Waals surface area contributed by atoms with Gasteiger partial charge in [-0.25, -0.2) is 9.79 Å². The van der Waals surface area contributed by atoms with Crippen molar-refractivity contribution in [3.8, 4) is 0 Å². The molecule has 2 aliphatic rings. The lowest BCUT2D eigenvalue weighted by Crippen LogP contribution is -2.40. The summed E-state index contributed by atoms with van der Waals surface area (Å²) >= 11 is 4.88. The number of amidine groups is 1. The van der Waals surface area contributed by atoms with Crippen molar-refractivity contribution in [3.63, 3.8) is 0 Å². The predicted molar refractivity (Wildman–Crippen MR) is 97.6 cm³/mol. The van der Waals surface area contributed by atoms with Crippen molar-refractivity contribution in [1.82, 2.24) is 4.90 Å². The van der Waals surface area contributed by atoms with Crippen molar-refractivity contribution in [2.75, 3.05) is 7.11 Å². The maximum Gasteiger partial charge on any atom is 0.338 e. The van der Waals surface area contributed by atoms with E-state index in [1.54, 1.807) is 11.8 Å². The highest BCUT2D eigenvalue weighted by molar-refractivity contribution is 9.10. The van der Waals surface area contributed by atoms with Crippen molar-refractivity contribution >= 4 is 44.7 Å². The van der Waals surface area contributed by atoms with E-state index in [1.807, 2.05) is 31.2 Å². The SMILES string of the molecule is CC[C@H]1SC2=NC(C)=C(C(=O)OC)[C@H](c3ccc(Br)cc3)N2C1=O. The first kappa shape index (κ1) is 17.2. The van der Waals surface area contributed by atoms with Gasteiger partial charge in [-0.15, -0.1) is 0 Å². The van der Waals surface area contributed by atoms with Crippen LogP contribution in [0, 0.1) is 0 Å². The molecule has 2 atom stereocenters. The maximum absolute atomic E-state index is 12.8. The van der Waals surface area contributed by atoms with Crippen LogP contribution in [0.25, 0.3) is 0 Å². The molecule has 1 aromatic rings. The fraction of sp³-hybridized carbons (Fsp3) is 0.353. The summed E-state index contributed by atoms with van der Waals surface area (Å²) in [6, 6.07) is 7.11. The van der Waals surface area contributed by atoms with Gasteiger partial charge in [-0.3, -0.25) is 9.69 Å². The Hall–Kier alpha value is -1.60. The number of hydrogen-bond donors (Lipinski definition) is 0. The second kappa shape index (κ2) is 6.72. The molecule has 1 saturated heterocycles. The largest absolute Gasteiger partial charge is 0.466 e. The van der Waals surface area contributed by atoms with E-state index in [-0.39, 0.29) is 11.2 Å². The lowest BCUT2D eigenvalue weighted by molar-refractivity contribution is -0.137. The average molecular weight is 409 g/mol. The summed E-state index contributed by atoms with van der Waals surface area (Å²) in [5.74, 6) is -0.468. The number of methoxy groups -OCH3 is 1. The first-order chi connectivity index (χ1) is 11.5. The Labute approximate surface area is 153 Å². The molecule has 0 saturated carbocycles. The summed E-state index contributed by atoms with van der Waals surface area (Å²) in [5, 5.41) is 0.497. The first-order valence-electron chi connectivity index (χ1n) is 7.60. The Morgan fingerprint density at radius 1 is 1.38 bits per heavy atom. The summed E-state index contributed by atoms with van der Waals surface area (Å²) < 4.78 is 5.89. The normalized spacial score (nSPS) is 23.2. The molecule has 0 N–H and O–H groups in total. The highest BCUT2D eigenvalue weighted by Crippen LogP contribution is 2.44. The number of ether oxygens (including phenoxy) is 1. The number of hydrogen-bond acceptors (Lipinski definition) is 5. The number of rotatable bonds is 3. The molecule has 1 fully saturated rings. The number of esters is 1. The molecule has 2 aliphatic heterocycles. The van der Waals surface area contributed by atoms with Gasteiger partial charge in [0.25, 0.3) is 0 Å². The monoisotopic (exact) mass is 408 g/mol. The fourth-order valence-corrected chi connectivity index (χ4v) is 4.32. The third kappa shape index (κ3) is 2.80. The van der Waals surface area contributed by atoms with Gasteiger partial charge in [-0.1, -0.05) is 46.7 Å². The maximum atomic E-state index is 12.8. The first-order valence-corrected chi connectivity index (χ1v) is 9.28. The van der Waals surface area contributed by atoms with Gasteiger partial charge in [0, 0.05) is 4.47 Å². The Bertz CT molecular complexity index is 758. The Balaban J connectivity index is 2.15. The third-order valence-corrected chi connectivity index (χ3v) is 5.96. The smallest absolute Gasteiger partial charge is 0.338 e.